The summed E-state index contributed by atoms with van der Waals surface area (Å²) in [6.07, 6.45) is 1.85. The molecule has 0 spiro atoms. The van der Waals surface area contributed by atoms with E-state index in [0.29, 0.717) is 4.34 Å². The number of halogens is 1. The minimum atomic E-state index is -3.46. The molecule has 0 unspecified atom stereocenters. The normalized spacial score (nSPS) is 11.6. The Labute approximate surface area is 134 Å². The highest BCUT2D eigenvalue weighted by atomic mass is 35.5. The number of carbonyl (C=O) groups is 1. The monoisotopic (exact) mass is 351 g/mol. The number of hydrogen-bond donors (Lipinski definition) is 0. The Bertz CT molecular complexity index is 583. The standard InChI is InChI=1S/C13H18ClNO4S2/c1-3-8-15(10-11-6-7-12(14)20-11)21(17,18)9-4-5-13(16)19-2/h3,6-7H,1,4-5,8-10H2,2H3. The summed E-state index contributed by atoms with van der Waals surface area (Å²) in [7, 11) is -2.18. The number of esters is 1. The molecule has 0 N–H and O–H groups in total. The fraction of sp³-hybridized carbons (Fsp3) is 0.462. The molecule has 0 fully saturated rings. The van der Waals surface area contributed by atoms with E-state index in [0.717, 1.165) is 4.88 Å². The average molecular weight is 352 g/mol. The quantitative estimate of drug-likeness (QED) is 0.507. The fourth-order valence-corrected chi connectivity index (χ4v) is 4.28. The highest BCUT2D eigenvalue weighted by Crippen LogP contribution is 2.23. The first kappa shape index (κ1) is 18.2. The SMILES string of the molecule is C=CCN(Cc1ccc(Cl)s1)S(=O)(=O)CCCC(=O)OC. The number of methoxy groups -OCH3 is 1. The molecule has 0 aliphatic heterocycles. The van der Waals surface area contributed by atoms with Gasteiger partial charge in [-0.2, -0.15) is 4.31 Å². The number of ether oxygens (including phenoxy) is 1. The molecule has 5 nitrogen and oxygen atoms in total. The van der Waals surface area contributed by atoms with Crippen molar-refractivity contribution >= 4 is 38.9 Å². The lowest BCUT2D eigenvalue weighted by Crippen LogP contribution is -2.32. The smallest absolute Gasteiger partial charge is 0.305 e. The van der Waals surface area contributed by atoms with E-state index in [9.17, 15) is 13.2 Å². The number of carbonyl (C=O) groups excluding carboxylic acids is 1. The molecule has 1 rings (SSSR count). The molecule has 8 heteroatoms. The third-order valence-electron chi connectivity index (χ3n) is 2.70. The summed E-state index contributed by atoms with van der Waals surface area (Å²) in [4.78, 5) is 11.9. The molecule has 21 heavy (non-hydrogen) atoms. The zero-order valence-electron chi connectivity index (χ0n) is 11.7. The van der Waals surface area contributed by atoms with Gasteiger partial charge in [0.2, 0.25) is 10.0 Å². The molecule has 0 saturated heterocycles. The van der Waals surface area contributed by atoms with Crippen molar-refractivity contribution in [2.24, 2.45) is 0 Å². The molecule has 0 aromatic carbocycles. The van der Waals surface area contributed by atoms with Crippen LogP contribution in [0.1, 0.15) is 17.7 Å². The van der Waals surface area contributed by atoms with E-state index in [-0.39, 0.29) is 31.7 Å². The highest BCUT2D eigenvalue weighted by molar-refractivity contribution is 7.89. The van der Waals surface area contributed by atoms with Gasteiger partial charge in [-0.25, -0.2) is 8.42 Å². The molecule has 0 atom stereocenters. The van der Waals surface area contributed by atoms with Crippen LogP contribution >= 0.6 is 22.9 Å². The molecule has 1 aromatic heterocycles. The van der Waals surface area contributed by atoms with Crippen LogP contribution in [0, 0.1) is 0 Å². The van der Waals surface area contributed by atoms with E-state index < -0.39 is 16.0 Å². The zero-order chi connectivity index (χ0) is 15.9. The summed E-state index contributed by atoms with van der Waals surface area (Å²) >= 11 is 7.19. The minimum absolute atomic E-state index is 0.0858. The Balaban J connectivity index is 2.68. The Morgan fingerprint density at radius 3 is 2.76 bits per heavy atom. The first-order chi connectivity index (χ1) is 9.89. The lowest BCUT2D eigenvalue weighted by atomic mass is 10.3. The summed E-state index contributed by atoms with van der Waals surface area (Å²) in [6.45, 7) is 4.05. The van der Waals surface area contributed by atoms with Crippen LogP contribution in [0.15, 0.2) is 24.8 Å². The summed E-state index contributed by atoms with van der Waals surface area (Å²) in [5.74, 6) is -0.514. The average Bonchev–Trinajstić information content (AvgIpc) is 2.83. The zero-order valence-corrected chi connectivity index (χ0v) is 14.1. The molecule has 0 aliphatic carbocycles. The van der Waals surface area contributed by atoms with E-state index in [2.05, 4.69) is 11.3 Å². The minimum Gasteiger partial charge on any atom is -0.469 e. The van der Waals surface area contributed by atoms with Crippen LogP contribution in [0.5, 0.6) is 0 Å². The van der Waals surface area contributed by atoms with Gasteiger partial charge in [0.1, 0.15) is 0 Å². The second kappa shape index (κ2) is 8.53. The second-order valence-electron chi connectivity index (χ2n) is 4.28. The maximum atomic E-state index is 12.3. The van der Waals surface area contributed by atoms with Gasteiger partial charge in [0.05, 0.1) is 17.2 Å². The maximum Gasteiger partial charge on any atom is 0.305 e. The molecule has 118 valence electrons. The Hall–Kier alpha value is -0.890. The predicted octanol–water partition coefficient (Wildman–Crippen LogP) is 2.67. The number of nitrogens with zero attached hydrogens (tertiary/aromatic N) is 1. The molecule has 1 heterocycles. The van der Waals surface area contributed by atoms with Gasteiger partial charge in [-0.05, 0) is 18.6 Å². The molecule has 0 saturated carbocycles. The topological polar surface area (TPSA) is 63.7 Å². The van der Waals surface area contributed by atoms with Gasteiger partial charge in [0.25, 0.3) is 0 Å². The van der Waals surface area contributed by atoms with Gasteiger partial charge in [-0.3, -0.25) is 4.79 Å². The molecule has 0 amide bonds. The predicted molar refractivity (Wildman–Crippen MR) is 85.0 cm³/mol. The first-order valence-corrected chi connectivity index (χ1v) is 9.09. The Kier molecular flexibility index (Phi) is 7.37. The first-order valence-electron chi connectivity index (χ1n) is 6.29. The van der Waals surface area contributed by atoms with E-state index >= 15 is 0 Å². The highest BCUT2D eigenvalue weighted by Gasteiger charge is 2.22. The molecule has 0 aliphatic rings. The lowest BCUT2D eigenvalue weighted by molar-refractivity contribution is -0.140. The van der Waals surface area contributed by atoms with Gasteiger partial charge < -0.3 is 4.74 Å². The van der Waals surface area contributed by atoms with Gasteiger partial charge in [0.15, 0.2) is 0 Å². The van der Waals surface area contributed by atoms with Gasteiger partial charge in [0, 0.05) is 24.4 Å². The molecule has 0 bridgehead atoms. The van der Waals surface area contributed by atoms with Crippen LogP contribution in [-0.4, -0.2) is 38.1 Å². The van der Waals surface area contributed by atoms with Crippen molar-refractivity contribution in [2.45, 2.75) is 19.4 Å². The van der Waals surface area contributed by atoms with Gasteiger partial charge in [-0.1, -0.05) is 17.7 Å². The summed E-state index contributed by atoms with van der Waals surface area (Å²) in [5, 5.41) is 0. The van der Waals surface area contributed by atoms with E-state index in [1.165, 1.54) is 28.8 Å². The summed E-state index contributed by atoms with van der Waals surface area (Å²) in [6, 6.07) is 3.53. The summed E-state index contributed by atoms with van der Waals surface area (Å²) < 4.78 is 31.0. The molecule has 1 aromatic rings. The van der Waals surface area contributed by atoms with Crippen LogP contribution in [0.3, 0.4) is 0 Å². The number of thiophene rings is 1. The molecular formula is C13H18ClNO4S2. The maximum absolute atomic E-state index is 12.3. The van der Waals surface area contributed by atoms with Crippen molar-refractivity contribution in [1.29, 1.82) is 0 Å². The van der Waals surface area contributed by atoms with Crippen molar-refractivity contribution in [3.05, 3.63) is 34.0 Å². The van der Waals surface area contributed by atoms with Crippen molar-refractivity contribution in [2.75, 3.05) is 19.4 Å². The van der Waals surface area contributed by atoms with Gasteiger partial charge >= 0.3 is 5.97 Å². The fourth-order valence-electron chi connectivity index (χ4n) is 1.66. The van der Waals surface area contributed by atoms with Crippen LogP contribution in [0.4, 0.5) is 0 Å². The van der Waals surface area contributed by atoms with Crippen LogP contribution in [0.25, 0.3) is 0 Å². The van der Waals surface area contributed by atoms with Crippen LogP contribution < -0.4 is 0 Å². The lowest BCUT2D eigenvalue weighted by Gasteiger charge is -2.19. The molecular weight excluding hydrogens is 334 g/mol. The number of rotatable bonds is 9. The largest absolute Gasteiger partial charge is 0.469 e. The third-order valence-corrected chi connectivity index (χ3v) is 5.78. The Morgan fingerprint density at radius 2 is 2.24 bits per heavy atom. The van der Waals surface area contributed by atoms with E-state index in [1.807, 2.05) is 0 Å². The van der Waals surface area contributed by atoms with Crippen molar-refractivity contribution in [3.8, 4) is 0 Å². The van der Waals surface area contributed by atoms with Crippen LogP contribution in [-0.2, 0) is 26.1 Å². The number of hydrogen-bond acceptors (Lipinski definition) is 5. The van der Waals surface area contributed by atoms with Crippen molar-refractivity contribution in [1.82, 2.24) is 4.31 Å². The van der Waals surface area contributed by atoms with Gasteiger partial charge in [-0.15, -0.1) is 17.9 Å². The van der Waals surface area contributed by atoms with E-state index in [1.54, 1.807) is 12.1 Å². The Morgan fingerprint density at radius 1 is 1.52 bits per heavy atom. The second-order valence-corrected chi connectivity index (χ2v) is 8.17. The third kappa shape index (κ3) is 6.17. The van der Waals surface area contributed by atoms with Crippen LogP contribution in [0.2, 0.25) is 4.34 Å². The van der Waals surface area contributed by atoms with Crippen molar-refractivity contribution < 1.29 is 17.9 Å². The van der Waals surface area contributed by atoms with E-state index in [4.69, 9.17) is 11.6 Å². The molecule has 0 radical (unpaired) electrons. The summed E-state index contributed by atoms with van der Waals surface area (Å²) in [5.41, 5.74) is 0. The van der Waals surface area contributed by atoms with Crippen molar-refractivity contribution in [3.63, 3.8) is 0 Å². The number of sulfonamides is 1.